The third-order valence-corrected chi connectivity index (χ3v) is 13.6. The smallest absolute Gasteiger partial charge is 0.261 e. The van der Waals surface area contributed by atoms with Crippen molar-refractivity contribution >= 4 is 60.1 Å². The van der Waals surface area contributed by atoms with Crippen molar-refractivity contribution < 1.29 is 16.8 Å². The van der Waals surface area contributed by atoms with Gasteiger partial charge in [0.05, 0.1) is 28.2 Å². The van der Waals surface area contributed by atoms with Crippen molar-refractivity contribution in [2.75, 3.05) is 9.44 Å². The number of hydrogen-bond acceptors (Lipinski definition) is 5. The van der Waals surface area contributed by atoms with Gasteiger partial charge in [-0.25, -0.2) is 16.8 Å². The second-order valence-corrected chi connectivity index (χ2v) is 16.9. The number of benzene rings is 6. The van der Waals surface area contributed by atoms with Gasteiger partial charge in [0.15, 0.2) is 0 Å². The van der Waals surface area contributed by atoms with Crippen LogP contribution in [0.5, 0.6) is 0 Å². The first-order valence-electron chi connectivity index (χ1n) is 14.8. The molecule has 0 heterocycles. The van der Waals surface area contributed by atoms with E-state index in [1.165, 1.54) is 42.5 Å². The van der Waals surface area contributed by atoms with Crippen molar-refractivity contribution in [3.63, 3.8) is 0 Å². The molecular weight excluding hydrogens is 662 g/mol. The number of rotatable bonds is 11. The molecule has 0 aliphatic heterocycles. The average molecular weight is 692 g/mol. The molecule has 0 amide bonds. The monoisotopic (exact) mass is 691 g/mol. The maximum atomic E-state index is 13.3. The Morgan fingerprint density at radius 3 is 1.29 bits per heavy atom. The second-order valence-electron chi connectivity index (χ2n) is 10.5. The van der Waals surface area contributed by atoms with Gasteiger partial charge >= 0.3 is 0 Å². The molecule has 0 aliphatic carbocycles. The number of anilines is 2. The predicted octanol–water partition coefficient (Wildman–Crippen LogP) is 7.46. The molecular formula is C36H30N5O4PS2. The summed E-state index contributed by atoms with van der Waals surface area (Å²) in [5.41, 5.74) is 0.299. The molecule has 2 N–H and O–H groups in total. The van der Waals surface area contributed by atoms with E-state index in [0.717, 1.165) is 15.9 Å². The van der Waals surface area contributed by atoms with E-state index in [9.17, 15) is 16.8 Å². The number of sulfonamides is 2. The maximum absolute atomic E-state index is 13.3. The summed E-state index contributed by atoms with van der Waals surface area (Å²) in [5, 5.41) is 11.6. The Balaban J connectivity index is 1.51. The Hall–Kier alpha value is -5.35. The lowest BCUT2D eigenvalue weighted by molar-refractivity contribution is 0.599. The van der Waals surface area contributed by atoms with Crippen molar-refractivity contribution in [2.24, 2.45) is 15.2 Å². The number of nitrogens with one attached hydrogen (secondary N) is 2. The first-order valence-corrected chi connectivity index (χ1v) is 19.5. The Labute approximate surface area is 280 Å². The van der Waals surface area contributed by atoms with Crippen LogP contribution in [0.15, 0.2) is 195 Å². The van der Waals surface area contributed by atoms with E-state index >= 15 is 0 Å². The molecule has 48 heavy (non-hydrogen) atoms. The molecule has 0 bridgehead atoms. The molecule has 6 rings (SSSR count). The molecule has 240 valence electrons. The van der Waals surface area contributed by atoms with Gasteiger partial charge in [0.1, 0.15) is 5.69 Å². The molecule has 0 aliphatic rings. The van der Waals surface area contributed by atoms with E-state index in [-0.39, 0.29) is 26.9 Å². The summed E-state index contributed by atoms with van der Waals surface area (Å²) in [6.45, 7) is 0. The summed E-state index contributed by atoms with van der Waals surface area (Å²) >= 11 is 0. The second kappa shape index (κ2) is 14.2. The fourth-order valence-electron chi connectivity index (χ4n) is 5.04. The maximum Gasteiger partial charge on any atom is 0.261 e. The van der Waals surface area contributed by atoms with E-state index in [0.29, 0.717) is 0 Å². The molecule has 9 nitrogen and oxygen atoms in total. The lowest BCUT2D eigenvalue weighted by atomic mass is 10.2. The highest BCUT2D eigenvalue weighted by atomic mass is 32.2. The summed E-state index contributed by atoms with van der Waals surface area (Å²) in [6, 6.07) is 49.6. The molecule has 0 aromatic heterocycles. The predicted molar refractivity (Wildman–Crippen MR) is 193 cm³/mol. The highest BCUT2D eigenvalue weighted by molar-refractivity contribution is 7.93. The van der Waals surface area contributed by atoms with E-state index in [2.05, 4.69) is 19.8 Å². The normalized spacial score (nSPS) is 12.0. The topological polar surface area (TPSA) is 129 Å². The summed E-state index contributed by atoms with van der Waals surface area (Å²) in [5.74, 6) is 0. The van der Waals surface area contributed by atoms with Crippen LogP contribution in [0.4, 0.5) is 17.1 Å². The van der Waals surface area contributed by atoms with Crippen molar-refractivity contribution in [3.8, 4) is 0 Å². The van der Waals surface area contributed by atoms with Gasteiger partial charge in [0.25, 0.3) is 20.0 Å². The summed E-state index contributed by atoms with van der Waals surface area (Å²) in [6.07, 6.45) is 0. The molecule has 12 heteroatoms. The minimum Gasteiger partial charge on any atom is -0.280 e. The van der Waals surface area contributed by atoms with Gasteiger partial charge in [-0.3, -0.25) is 9.44 Å². The Morgan fingerprint density at radius 2 is 0.854 bits per heavy atom. The minimum atomic E-state index is -4.02. The van der Waals surface area contributed by atoms with E-state index in [4.69, 9.17) is 4.85 Å². The van der Waals surface area contributed by atoms with Crippen LogP contribution in [0.1, 0.15) is 0 Å². The first-order chi connectivity index (χ1) is 23.3. The average Bonchev–Trinajstić information content (AvgIpc) is 3.13. The van der Waals surface area contributed by atoms with E-state index < -0.39 is 27.1 Å². The van der Waals surface area contributed by atoms with Crippen molar-refractivity contribution in [2.45, 2.75) is 9.79 Å². The fraction of sp³-hybridized carbons (Fsp3) is 0. The first kappa shape index (κ1) is 32.6. The molecule has 0 spiro atoms. The standard InChI is InChI=1S/C36H30N5O4PS2/c42-47(43,33-22-12-4-13-23-33)38-29-26-27-35(39-48(44,45)34-24-14-5-15-25-34)36(28-29)37-40-41-46(30-16-6-1-7-17-30,31-18-8-2-9-19-31)32-20-10-3-11-21-32/h1-28,38-39H. The third-order valence-electron chi connectivity index (χ3n) is 7.32. The largest absolute Gasteiger partial charge is 0.280 e. The van der Waals surface area contributed by atoms with Crippen molar-refractivity contribution in [1.82, 2.24) is 0 Å². The van der Waals surface area contributed by atoms with Crippen LogP contribution in [0.3, 0.4) is 0 Å². The molecule has 6 aromatic carbocycles. The molecule has 0 atom stereocenters. The van der Waals surface area contributed by atoms with Crippen molar-refractivity contribution in [1.29, 1.82) is 0 Å². The van der Waals surface area contributed by atoms with Crippen LogP contribution in [-0.2, 0) is 20.0 Å². The van der Waals surface area contributed by atoms with E-state index in [1.54, 1.807) is 36.4 Å². The number of nitrogens with zero attached hydrogens (tertiary/aromatic N) is 3. The van der Waals surface area contributed by atoms with Gasteiger partial charge in [-0.2, -0.15) is 0 Å². The van der Waals surface area contributed by atoms with Gasteiger partial charge in [-0.1, -0.05) is 127 Å². The molecule has 0 saturated carbocycles. The van der Waals surface area contributed by atoms with Crippen LogP contribution in [0.25, 0.3) is 0 Å². The Bertz CT molecular complexity index is 2210. The molecule has 0 fully saturated rings. The van der Waals surface area contributed by atoms with E-state index in [1.807, 2.05) is 91.0 Å². The Morgan fingerprint density at radius 1 is 0.458 bits per heavy atom. The van der Waals surface area contributed by atoms with Crippen LogP contribution < -0.4 is 25.4 Å². The molecule has 0 saturated heterocycles. The third kappa shape index (κ3) is 7.13. The zero-order chi connectivity index (χ0) is 33.5. The number of hydrogen-bond donors (Lipinski definition) is 2. The van der Waals surface area contributed by atoms with Gasteiger partial charge in [-0.15, -0.1) is 9.97 Å². The van der Waals surface area contributed by atoms with Crippen LogP contribution in [0.2, 0.25) is 0 Å². The van der Waals surface area contributed by atoms with Crippen LogP contribution >= 0.6 is 7.05 Å². The van der Waals surface area contributed by atoms with Gasteiger partial charge < -0.3 is 0 Å². The summed E-state index contributed by atoms with van der Waals surface area (Å²) in [4.78, 5) is 5.08. The molecule has 0 unspecified atom stereocenters. The quantitative estimate of drug-likeness (QED) is 0.0830. The molecule has 0 radical (unpaired) electrons. The van der Waals surface area contributed by atoms with Crippen LogP contribution in [0, 0.1) is 0 Å². The minimum absolute atomic E-state index is 0.0496. The highest BCUT2D eigenvalue weighted by Gasteiger charge is 2.28. The summed E-state index contributed by atoms with van der Waals surface area (Å²) < 4.78 is 58.1. The fourth-order valence-corrected chi connectivity index (χ4v) is 10.4. The van der Waals surface area contributed by atoms with Gasteiger partial charge in [0, 0.05) is 15.9 Å². The van der Waals surface area contributed by atoms with Crippen molar-refractivity contribution in [3.05, 3.63) is 170 Å². The zero-order valence-electron chi connectivity index (χ0n) is 25.4. The lowest BCUT2D eigenvalue weighted by Crippen LogP contribution is -2.25. The zero-order valence-corrected chi connectivity index (χ0v) is 27.9. The van der Waals surface area contributed by atoms with Gasteiger partial charge in [0.2, 0.25) is 0 Å². The molecule has 6 aromatic rings. The highest BCUT2D eigenvalue weighted by Crippen LogP contribution is 2.47. The summed E-state index contributed by atoms with van der Waals surface area (Å²) in [7, 11) is -10.7. The lowest BCUT2D eigenvalue weighted by Gasteiger charge is -2.24. The van der Waals surface area contributed by atoms with Gasteiger partial charge in [-0.05, 0) is 47.7 Å². The SMILES string of the molecule is O=S(=O)(Nc1ccc(NS(=O)(=O)c2ccccc2)c(N=NN=P(c2ccccc2)(c2ccccc2)c2ccccc2)c1)c1ccccc1. The van der Waals surface area contributed by atoms with Crippen LogP contribution in [-0.4, -0.2) is 16.8 Å². The Kier molecular flexibility index (Phi) is 9.63.